The predicted molar refractivity (Wildman–Crippen MR) is 55.4 cm³/mol. The van der Waals surface area contributed by atoms with Gasteiger partial charge in [0.1, 0.15) is 17.6 Å². The molecule has 0 aliphatic carbocycles. The lowest BCUT2D eigenvalue weighted by Crippen LogP contribution is -1.94. The topological polar surface area (TPSA) is 45.9 Å². The molecule has 0 spiro atoms. The van der Waals surface area contributed by atoms with Gasteiger partial charge in [-0.15, -0.1) is 0 Å². The summed E-state index contributed by atoms with van der Waals surface area (Å²) in [5.41, 5.74) is 0.248. The maximum atomic E-state index is 13.3. The van der Waals surface area contributed by atoms with Crippen LogP contribution in [-0.4, -0.2) is 4.98 Å². The highest BCUT2D eigenvalue weighted by atomic mass is 19.1. The number of aromatic nitrogens is 1. The van der Waals surface area contributed by atoms with Gasteiger partial charge in [-0.3, -0.25) is 0 Å². The summed E-state index contributed by atoms with van der Waals surface area (Å²) in [6.07, 6.45) is 0.841. The van der Waals surface area contributed by atoms with Crippen LogP contribution in [0.3, 0.4) is 0 Å². The third kappa shape index (κ3) is 2.37. The number of nitrogens with zero attached hydrogens (tertiary/aromatic N) is 2. The highest BCUT2D eigenvalue weighted by Gasteiger charge is 2.10. The van der Waals surface area contributed by atoms with E-state index in [2.05, 4.69) is 4.98 Å². The molecule has 0 atom stereocenters. The summed E-state index contributed by atoms with van der Waals surface area (Å²) in [6, 6.07) is 8.88. The normalized spacial score (nSPS) is 9.71. The molecule has 0 bridgehead atoms. The molecule has 0 radical (unpaired) electrons. The second-order valence-electron chi connectivity index (χ2n) is 3.15. The first kappa shape index (κ1) is 11.0. The molecule has 2 aromatic rings. The zero-order chi connectivity index (χ0) is 12.3. The van der Waals surface area contributed by atoms with Gasteiger partial charge in [-0.2, -0.15) is 5.26 Å². The lowest BCUT2D eigenvalue weighted by Gasteiger charge is -2.06. The lowest BCUT2D eigenvalue weighted by molar-refractivity contribution is 0.415. The van der Waals surface area contributed by atoms with Gasteiger partial charge in [-0.1, -0.05) is 12.1 Å². The van der Waals surface area contributed by atoms with E-state index in [1.807, 2.05) is 6.07 Å². The molecule has 2 rings (SSSR count). The van der Waals surface area contributed by atoms with Gasteiger partial charge < -0.3 is 4.74 Å². The number of para-hydroxylation sites is 1. The van der Waals surface area contributed by atoms with E-state index < -0.39 is 11.6 Å². The monoisotopic (exact) mass is 232 g/mol. The summed E-state index contributed by atoms with van der Waals surface area (Å²) < 4.78 is 31.0. The first-order valence-electron chi connectivity index (χ1n) is 4.69. The number of hydrogen-bond donors (Lipinski definition) is 0. The largest absolute Gasteiger partial charge is 0.435 e. The van der Waals surface area contributed by atoms with E-state index in [0.717, 1.165) is 6.20 Å². The number of ether oxygens (including phenoxy) is 1. The molecule has 0 aliphatic rings. The highest BCUT2D eigenvalue weighted by molar-refractivity contribution is 5.44. The van der Waals surface area contributed by atoms with Crippen LogP contribution in [0, 0.1) is 23.0 Å². The van der Waals surface area contributed by atoms with Crippen LogP contribution in [0.1, 0.15) is 5.56 Å². The Kier molecular flexibility index (Phi) is 2.97. The van der Waals surface area contributed by atoms with E-state index in [-0.39, 0.29) is 17.2 Å². The van der Waals surface area contributed by atoms with Gasteiger partial charge in [0.2, 0.25) is 0 Å². The van der Waals surface area contributed by atoms with Gasteiger partial charge in [0.05, 0.1) is 11.8 Å². The van der Waals surface area contributed by atoms with Crippen molar-refractivity contribution < 1.29 is 13.5 Å². The number of hydrogen-bond acceptors (Lipinski definition) is 3. The quantitative estimate of drug-likeness (QED) is 0.799. The molecule has 0 saturated heterocycles. The molecular weight excluding hydrogens is 226 g/mol. The van der Waals surface area contributed by atoms with Crippen LogP contribution in [0.5, 0.6) is 11.6 Å². The second-order valence-corrected chi connectivity index (χ2v) is 3.15. The second kappa shape index (κ2) is 4.58. The number of nitriles is 1. The Hall–Kier alpha value is -2.48. The predicted octanol–water partition coefficient (Wildman–Crippen LogP) is 3.02. The van der Waals surface area contributed by atoms with Crippen molar-refractivity contribution in [1.82, 2.24) is 4.98 Å². The van der Waals surface area contributed by atoms with Crippen LogP contribution in [0.2, 0.25) is 0 Å². The summed E-state index contributed by atoms with van der Waals surface area (Å²) in [7, 11) is 0. The Morgan fingerprint density at radius 2 is 2.00 bits per heavy atom. The molecule has 0 unspecified atom stereocenters. The lowest BCUT2D eigenvalue weighted by atomic mass is 10.2. The molecule has 0 N–H and O–H groups in total. The standard InChI is InChI=1S/C12H6F2N2O/c13-9-5-10(14)12(16-7-9)17-11-4-2-1-3-8(11)6-15/h1-5,7H. The van der Waals surface area contributed by atoms with E-state index in [1.54, 1.807) is 12.1 Å². The fourth-order valence-corrected chi connectivity index (χ4v) is 1.23. The van der Waals surface area contributed by atoms with Gasteiger partial charge in [0.25, 0.3) is 5.88 Å². The fourth-order valence-electron chi connectivity index (χ4n) is 1.23. The van der Waals surface area contributed by atoms with Gasteiger partial charge in [0.15, 0.2) is 5.82 Å². The summed E-state index contributed by atoms with van der Waals surface area (Å²) >= 11 is 0. The number of pyridine rings is 1. The molecule has 0 saturated carbocycles. The van der Waals surface area contributed by atoms with Crippen LogP contribution < -0.4 is 4.74 Å². The molecule has 3 nitrogen and oxygen atoms in total. The van der Waals surface area contributed by atoms with E-state index in [4.69, 9.17) is 10.00 Å². The molecular formula is C12H6F2N2O. The average molecular weight is 232 g/mol. The van der Waals surface area contributed by atoms with E-state index in [1.165, 1.54) is 12.1 Å². The number of benzene rings is 1. The smallest absolute Gasteiger partial charge is 0.256 e. The molecule has 1 heterocycles. The number of halogens is 2. The van der Waals surface area contributed by atoms with Crippen molar-refractivity contribution in [3.8, 4) is 17.7 Å². The Morgan fingerprint density at radius 1 is 1.24 bits per heavy atom. The molecule has 0 amide bonds. The SMILES string of the molecule is N#Cc1ccccc1Oc1ncc(F)cc1F. The summed E-state index contributed by atoms with van der Waals surface area (Å²) in [4.78, 5) is 3.47. The Bertz CT molecular complexity index is 593. The van der Waals surface area contributed by atoms with Crippen molar-refractivity contribution in [2.75, 3.05) is 0 Å². The fraction of sp³-hybridized carbons (Fsp3) is 0. The van der Waals surface area contributed by atoms with Gasteiger partial charge in [0, 0.05) is 6.07 Å². The molecule has 1 aromatic carbocycles. The van der Waals surface area contributed by atoms with Gasteiger partial charge in [-0.05, 0) is 12.1 Å². The van der Waals surface area contributed by atoms with Gasteiger partial charge in [-0.25, -0.2) is 13.8 Å². The van der Waals surface area contributed by atoms with E-state index in [0.29, 0.717) is 6.07 Å². The molecule has 0 fully saturated rings. The summed E-state index contributed by atoms with van der Waals surface area (Å²) in [5, 5.41) is 8.81. The van der Waals surface area contributed by atoms with Crippen LogP contribution in [0.15, 0.2) is 36.5 Å². The first-order chi connectivity index (χ1) is 8.20. The van der Waals surface area contributed by atoms with Crippen molar-refractivity contribution in [2.24, 2.45) is 0 Å². The third-order valence-corrected chi connectivity index (χ3v) is 1.99. The minimum atomic E-state index is -0.919. The van der Waals surface area contributed by atoms with Crippen molar-refractivity contribution in [3.05, 3.63) is 53.7 Å². The Balaban J connectivity index is 2.35. The summed E-state index contributed by atoms with van der Waals surface area (Å²) in [6.45, 7) is 0. The first-order valence-corrected chi connectivity index (χ1v) is 4.69. The number of rotatable bonds is 2. The van der Waals surface area contributed by atoms with Crippen LogP contribution in [-0.2, 0) is 0 Å². The van der Waals surface area contributed by atoms with E-state index >= 15 is 0 Å². The minimum Gasteiger partial charge on any atom is -0.435 e. The highest BCUT2D eigenvalue weighted by Crippen LogP contribution is 2.25. The molecule has 17 heavy (non-hydrogen) atoms. The molecule has 0 aliphatic heterocycles. The zero-order valence-corrected chi connectivity index (χ0v) is 8.52. The molecule has 1 aromatic heterocycles. The van der Waals surface area contributed by atoms with Crippen LogP contribution in [0.25, 0.3) is 0 Å². The summed E-state index contributed by atoms with van der Waals surface area (Å²) in [5.74, 6) is -1.90. The van der Waals surface area contributed by atoms with Gasteiger partial charge >= 0.3 is 0 Å². The molecule has 5 heteroatoms. The van der Waals surface area contributed by atoms with Crippen molar-refractivity contribution in [1.29, 1.82) is 5.26 Å². The van der Waals surface area contributed by atoms with Crippen molar-refractivity contribution in [3.63, 3.8) is 0 Å². The molecule has 84 valence electrons. The maximum Gasteiger partial charge on any atom is 0.256 e. The van der Waals surface area contributed by atoms with Crippen molar-refractivity contribution in [2.45, 2.75) is 0 Å². The Labute approximate surface area is 95.9 Å². The Morgan fingerprint density at radius 3 is 2.71 bits per heavy atom. The van der Waals surface area contributed by atoms with E-state index in [9.17, 15) is 8.78 Å². The van der Waals surface area contributed by atoms with Crippen LogP contribution >= 0.6 is 0 Å². The van der Waals surface area contributed by atoms with Crippen LogP contribution in [0.4, 0.5) is 8.78 Å². The maximum absolute atomic E-state index is 13.3. The zero-order valence-electron chi connectivity index (χ0n) is 8.52. The minimum absolute atomic E-state index is 0.174. The average Bonchev–Trinajstić information content (AvgIpc) is 2.33. The van der Waals surface area contributed by atoms with Crippen molar-refractivity contribution >= 4 is 0 Å². The third-order valence-electron chi connectivity index (χ3n) is 1.99.